The van der Waals surface area contributed by atoms with Gasteiger partial charge in [-0.3, -0.25) is 4.79 Å². The minimum absolute atomic E-state index is 0.339. The molecule has 1 spiro atoms. The molecule has 0 bridgehead atoms. The van der Waals surface area contributed by atoms with Crippen LogP contribution in [-0.2, 0) is 9.53 Å². The second-order valence-corrected chi connectivity index (χ2v) is 7.64. The first-order valence-electron chi connectivity index (χ1n) is 9.17. The fourth-order valence-electron chi connectivity index (χ4n) is 4.10. The molecule has 4 rings (SSSR count). The Labute approximate surface area is 147 Å². The molecule has 3 aliphatic rings. The second kappa shape index (κ2) is 6.20. The van der Waals surface area contributed by atoms with Gasteiger partial charge in [0.25, 0.3) is 5.91 Å². The molecule has 1 atom stereocenters. The molecule has 0 radical (unpaired) electrons. The third-order valence-corrected chi connectivity index (χ3v) is 5.71. The van der Waals surface area contributed by atoms with E-state index in [2.05, 4.69) is 15.1 Å². The molecule has 6 nitrogen and oxygen atoms in total. The molecule has 2 aliphatic heterocycles. The average Bonchev–Trinajstić information content (AvgIpc) is 2.60. The van der Waals surface area contributed by atoms with E-state index in [1.165, 1.54) is 0 Å². The van der Waals surface area contributed by atoms with Gasteiger partial charge in [0.05, 0.1) is 25.4 Å². The lowest BCUT2D eigenvalue weighted by Gasteiger charge is -2.49. The van der Waals surface area contributed by atoms with Crippen LogP contribution in [0.15, 0.2) is 12.1 Å². The molecule has 3 heterocycles. The fraction of sp³-hybridized carbons (Fsp3) is 0.722. The molecule has 1 unspecified atom stereocenters. The van der Waals surface area contributed by atoms with E-state index < -0.39 is 11.3 Å². The van der Waals surface area contributed by atoms with E-state index in [9.17, 15) is 9.18 Å². The summed E-state index contributed by atoms with van der Waals surface area (Å²) < 4.78 is 20.7. The van der Waals surface area contributed by atoms with Crippen LogP contribution in [-0.4, -0.2) is 65.1 Å². The van der Waals surface area contributed by atoms with Crippen molar-refractivity contribution in [2.24, 2.45) is 0 Å². The zero-order valence-corrected chi connectivity index (χ0v) is 14.7. The Hall–Kier alpha value is -1.76. The van der Waals surface area contributed by atoms with Gasteiger partial charge in [0.1, 0.15) is 5.60 Å². The van der Waals surface area contributed by atoms with E-state index in [-0.39, 0.29) is 5.91 Å². The van der Waals surface area contributed by atoms with Gasteiger partial charge in [-0.15, -0.1) is 5.10 Å². The van der Waals surface area contributed by atoms with Gasteiger partial charge in [-0.05, 0) is 51.2 Å². The number of nitrogens with zero attached hydrogens (tertiary/aromatic N) is 4. The number of morpholine rings is 1. The van der Waals surface area contributed by atoms with Crippen LogP contribution < -0.4 is 4.90 Å². The van der Waals surface area contributed by atoms with Gasteiger partial charge in [-0.25, -0.2) is 4.39 Å². The summed E-state index contributed by atoms with van der Waals surface area (Å²) in [6, 6.07) is 3.92. The summed E-state index contributed by atoms with van der Waals surface area (Å²) in [5, 5.41) is 8.41. The summed E-state index contributed by atoms with van der Waals surface area (Å²) in [5.74, 6) is 0.492. The number of ether oxygens (including phenoxy) is 1. The predicted molar refractivity (Wildman–Crippen MR) is 91.2 cm³/mol. The number of halogens is 1. The number of piperidine rings is 1. The van der Waals surface area contributed by atoms with Crippen molar-refractivity contribution in [1.82, 2.24) is 15.1 Å². The Morgan fingerprint density at radius 3 is 2.68 bits per heavy atom. The number of aromatic nitrogens is 2. The largest absolute Gasteiger partial charge is 0.369 e. The van der Waals surface area contributed by atoms with Crippen LogP contribution in [0.3, 0.4) is 0 Å². The minimum Gasteiger partial charge on any atom is -0.369 e. The van der Waals surface area contributed by atoms with Crippen molar-refractivity contribution >= 4 is 11.7 Å². The van der Waals surface area contributed by atoms with Crippen LogP contribution in [0.4, 0.5) is 10.2 Å². The maximum Gasteiger partial charge on any atom is 0.260 e. The van der Waals surface area contributed by atoms with Crippen molar-refractivity contribution < 1.29 is 13.9 Å². The van der Waals surface area contributed by atoms with Gasteiger partial charge in [-0.2, -0.15) is 5.10 Å². The number of aryl methyl sites for hydroxylation is 1. The maximum absolute atomic E-state index is 14.6. The van der Waals surface area contributed by atoms with Crippen molar-refractivity contribution in [2.75, 3.05) is 37.7 Å². The number of hydrogen-bond acceptors (Lipinski definition) is 5. The molecule has 1 aromatic heterocycles. The van der Waals surface area contributed by atoms with Crippen LogP contribution >= 0.6 is 0 Å². The van der Waals surface area contributed by atoms with Gasteiger partial charge in [0.15, 0.2) is 11.5 Å². The Balaban J connectivity index is 1.48. The first kappa shape index (κ1) is 16.7. The quantitative estimate of drug-likeness (QED) is 0.817. The van der Waals surface area contributed by atoms with E-state index in [1.807, 2.05) is 19.1 Å². The van der Waals surface area contributed by atoms with Crippen LogP contribution in [0, 0.1) is 6.92 Å². The molecule has 1 aromatic rings. The summed E-state index contributed by atoms with van der Waals surface area (Å²) in [5.41, 5.74) is -1.18. The molecule has 136 valence electrons. The molecule has 0 N–H and O–H groups in total. The Morgan fingerprint density at radius 2 is 2.00 bits per heavy atom. The summed E-state index contributed by atoms with van der Waals surface area (Å²) in [4.78, 5) is 16.4. The summed E-state index contributed by atoms with van der Waals surface area (Å²) >= 11 is 0. The number of amides is 1. The van der Waals surface area contributed by atoms with Crippen LogP contribution in [0.2, 0.25) is 0 Å². The van der Waals surface area contributed by atoms with Crippen molar-refractivity contribution in [3.05, 3.63) is 17.8 Å². The zero-order chi connectivity index (χ0) is 17.5. The summed E-state index contributed by atoms with van der Waals surface area (Å²) in [7, 11) is 0. The lowest BCUT2D eigenvalue weighted by molar-refractivity contribution is -0.168. The molecular formula is C18H25FN4O2. The van der Waals surface area contributed by atoms with E-state index in [0.29, 0.717) is 39.1 Å². The monoisotopic (exact) mass is 348 g/mol. The third-order valence-electron chi connectivity index (χ3n) is 5.71. The highest BCUT2D eigenvalue weighted by atomic mass is 19.1. The molecule has 25 heavy (non-hydrogen) atoms. The van der Waals surface area contributed by atoms with Crippen LogP contribution in [0.25, 0.3) is 0 Å². The SMILES string of the molecule is Cc1ccc(N2CCCC3(CN(C(=O)C4(F)CCC4)CCO3)C2)nn1. The summed E-state index contributed by atoms with van der Waals surface area (Å²) in [6.45, 7) is 4.88. The predicted octanol–water partition coefficient (Wildman–Crippen LogP) is 1.88. The first-order valence-corrected chi connectivity index (χ1v) is 9.17. The number of anilines is 1. The second-order valence-electron chi connectivity index (χ2n) is 7.64. The normalized spacial score (nSPS) is 28.7. The third kappa shape index (κ3) is 3.10. The van der Waals surface area contributed by atoms with E-state index in [0.717, 1.165) is 37.3 Å². The Bertz CT molecular complexity index is 645. The van der Waals surface area contributed by atoms with E-state index in [4.69, 9.17) is 4.74 Å². The van der Waals surface area contributed by atoms with Gasteiger partial charge in [0, 0.05) is 13.1 Å². The maximum atomic E-state index is 14.6. The standard InChI is InChI=1S/C18H25FN4O2/c1-14-4-5-15(21-20-14)22-9-3-6-17(12-22)13-23(10-11-25-17)16(24)18(19)7-2-8-18/h4-5H,2-3,6-13H2,1H3. The Kier molecular flexibility index (Phi) is 4.14. The van der Waals surface area contributed by atoms with E-state index >= 15 is 0 Å². The Morgan fingerprint density at radius 1 is 1.16 bits per heavy atom. The van der Waals surface area contributed by atoms with Crippen molar-refractivity contribution in [3.8, 4) is 0 Å². The number of carbonyl (C=O) groups is 1. The van der Waals surface area contributed by atoms with Crippen LogP contribution in [0.1, 0.15) is 37.8 Å². The average molecular weight is 348 g/mol. The smallest absolute Gasteiger partial charge is 0.260 e. The number of rotatable bonds is 2. The highest BCUT2D eigenvalue weighted by Gasteiger charge is 2.50. The molecule has 2 saturated heterocycles. The zero-order valence-electron chi connectivity index (χ0n) is 14.7. The lowest BCUT2D eigenvalue weighted by atomic mass is 9.80. The number of carbonyl (C=O) groups excluding carboxylic acids is 1. The molecule has 0 aromatic carbocycles. The van der Waals surface area contributed by atoms with Crippen LogP contribution in [0.5, 0.6) is 0 Å². The lowest BCUT2D eigenvalue weighted by Crippen LogP contribution is -2.63. The highest BCUT2D eigenvalue weighted by Crippen LogP contribution is 2.39. The number of hydrogen-bond donors (Lipinski definition) is 0. The molecule has 1 aliphatic carbocycles. The van der Waals surface area contributed by atoms with Gasteiger partial charge in [-0.1, -0.05) is 0 Å². The van der Waals surface area contributed by atoms with Crippen molar-refractivity contribution in [3.63, 3.8) is 0 Å². The fourth-order valence-corrected chi connectivity index (χ4v) is 4.10. The summed E-state index contributed by atoms with van der Waals surface area (Å²) in [6.07, 6.45) is 3.37. The van der Waals surface area contributed by atoms with Crippen molar-refractivity contribution in [2.45, 2.75) is 50.3 Å². The topological polar surface area (TPSA) is 58.6 Å². The molecular weight excluding hydrogens is 323 g/mol. The molecule has 1 saturated carbocycles. The molecule has 7 heteroatoms. The van der Waals surface area contributed by atoms with Gasteiger partial charge >= 0.3 is 0 Å². The van der Waals surface area contributed by atoms with Gasteiger partial charge < -0.3 is 14.5 Å². The van der Waals surface area contributed by atoms with Gasteiger partial charge in [0.2, 0.25) is 0 Å². The molecule has 3 fully saturated rings. The molecule has 1 amide bonds. The van der Waals surface area contributed by atoms with E-state index in [1.54, 1.807) is 4.90 Å². The van der Waals surface area contributed by atoms with Crippen molar-refractivity contribution in [1.29, 1.82) is 0 Å². The first-order chi connectivity index (χ1) is 12.0. The minimum atomic E-state index is -1.63. The number of alkyl halides is 1. The highest BCUT2D eigenvalue weighted by molar-refractivity contribution is 5.86.